The zero-order valence-electron chi connectivity index (χ0n) is 16.3. The largest absolute Gasteiger partial charge is 0.378 e. The monoisotopic (exact) mass is 374 g/mol. The van der Waals surface area contributed by atoms with Crippen molar-refractivity contribution in [3.05, 3.63) is 29.8 Å². The fraction of sp³-hybridized carbons (Fsp3) is 0.600. The third-order valence-electron chi connectivity index (χ3n) is 5.38. The third-order valence-corrected chi connectivity index (χ3v) is 5.38. The van der Waals surface area contributed by atoms with E-state index in [1.54, 1.807) is 0 Å². The predicted octanol–water partition coefficient (Wildman–Crippen LogP) is 0.798. The maximum Gasteiger partial charge on any atom is 0.241 e. The number of carbonyl (C=O) groups is 2. The highest BCUT2D eigenvalue weighted by atomic mass is 16.5. The van der Waals surface area contributed by atoms with Gasteiger partial charge in [0.2, 0.25) is 11.8 Å². The van der Waals surface area contributed by atoms with E-state index in [9.17, 15) is 9.59 Å². The van der Waals surface area contributed by atoms with Gasteiger partial charge in [0.25, 0.3) is 0 Å². The molecule has 7 nitrogen and oxygen atoms in total. The van der Waals surface area contributed by atoms with Crippen LogP contribution in [0.25, 0.3) is 0 Å². The summed E-state index contributed by atoms with van der Waals surface area (Å²) in [5.74, 6) is 0.189. The van der Waals surface area contributed by atoms with Crippen molar-refractivity contribution in [3.8, 4) is 0 Å². The molecule has 0 spiro atoms. The lowest BCUT2D eigenvalue weighted by molar-refractivity contribution is -0.137. The van der Waals surface area contributed by atoms with E-state index in [-0.39, 0.29) is 17.9 Å². The van der Waals surface area contributed by atoms with Crippen LogP contribution in [0.1, 0.15) is 12.5 Å². The third kappa shape index (κ3) is 5.51. The Labute approximate surface area is 161 Å². The Hall–Kier alpha value is -1.96. The Kier molecular flexibility index (Phi) is 6.82. The van der Waals surface area contributed by atoms with Gasteiger partial charge in [0.05, 0.1) is 25.8 Å². The van der Waals surface area contributed by atoms with Crippen LogP contribution >= 0.6 is 0 Å². The second kappa shape index (κ2) is 9.30. The molecule has 0 aromatic heterocycles. The lowest BCUT2D eigenvalue weighted by Crippen LogP contribution is -2.55. The first-order chi connectivity index (χ1) is 13.0. The number of carbonyl (C=O) groups excluding carboxylic acids is 2. The van der Waals surface area contributed by atoms with Gasteiger partial charge in [-0.25, -0.2) is 0 Å². The first-order valence-corrected chi connectivity index (χ1v) is 9.72. The molecule has 1 aromatic rings. The summed E-state index contributed by atoms with van der Waals surface area (Å²) in [7, 11) is 0. The summed E-state index contributed by atoms with van der Waals surface area (Å²) in [5, 5.41) is 2.99. The number of benzene rings is 1. The zero-order chi connectivity index (χ0) is 19.2. The van der Waals surface area contributed by atoms with Gasteiger partial charge in [0.1, 0.15) is 0 Å². The fourth-order valence-electron chi connectivity index (χ4n) is 3.46. The molecular weight excluding hydrogens is 344 g/mol. The highest BCUT2D eigenvalue weighted by Gasteiger charge is 2.27. The molecule has 27 heavy (non-hydrogen) atoms. The fourth-order valence-corrected chi connectivity index (χ4v) is 3.46. The minimum atomic E-state index is -0.191. The van der Waals surface area contributed by atoms with Crippen molar-refractivity contribution in [2.45, 2.75) is 19.9 Å². The lowest BCUT2D eigenvalue weighted by Gasteiger charge is -2.38. The smallest absolute Gasteiger partial charge is 0.241 e. The summed E-state index contributed by atoms with van der Waals surface area (Å²) < 4.78 is 5.30. The van der Waals surface area contributed by atoms with Gasteiger partial charge in [-0.15, -0.1) is 0 Å². The first-order valence-electron chi connectivity index (χ1n) is 9.72. The number of nitrogens with one attached hydrogen (secondary N) is 1. The van der Waals surface area contributed by atoms with Crippen LogP contribution in [-0.4, -0.2) is 91.6 Å². The standard InChI is InChI=1S/C20H30N4O3/c1-16-3-5-18(6-4-16)21-20(26)17(2)23-9-7-22(8-10-23)15-19(25)24-11-13-27-14-12-24/h3-6,17H,7-15H2,1-2H3,(H,21,26)/t17-/m1/s1. The summed E-state index contributed by atoms with van der Waals surface area (Å²) in [6.07, 6.45) is 0. The second-order valence-electron chi connectivity index (χ2n) is 7.34. The van der Waals surface area contributed by atoms with Crippen LogP contribution in [0.15, 0.2) is 24.3 Å². The molecule has 7 heteroatoms. The van der Waals surface area contributed by atoms with Crippen molar-refractivity contribution in [3.63, 3.8) is 0 Å². The Morgan fingerprint density at radius 3 is 2.30 bits per heavy atom. The Morgan fingerprint density at radius 2 is 1.67 bits per heavy atom. The number of rotatable bonds is 5. The number of hydrogen-bond donors (Lipinski definition) is 1. The highest BCUT2D eigenvalue weighted by molar-refractivity contribution is 5.94. The topological polar surface area (TPSA) is 65.1 Å². The minimum absolute atomic E-state index is 0.0108. The second-order valence-corrected chi connectivity index (χ2v) is 7.34. The molecule has 1 atom stereocenters. The van der Waals surface area contributed by atoms with E-state index < -0.39 is 0 Å². The van der Waals surface area contributed by atoms with E-state index >= 15 is 0 Å². The summed E-state index contributed by atoms with van der Waals surface area (Å²) in [6.45, 7) is 10.3. The van der Waals surface area contributed by atoms with Gasteiger partial charge in [0.15, 0.2) is 0 Å². The van der Waals surface area contributed by atoms with Gasteiger partial charge in [0, 0.05) is 45.0 Å². The summed E-state index contributed by atoms with van der Waals surface area (Å²) in [6, 6.07) is 7.64. The van der Waals surface area contributed by atoms with Crippen LogP contribution in [0.4, 0.5) is 5.69 Å². The van der Waals surface area contributed by atoms with E-state index in [0.29, 0.717) is 32.8 Å². The maximum absolute atomic E-state index is 12.5. The van der Waals surface area contributed by atoms with Crippen LogP contribution in [0.5, 0.6) is 0 Å². The Bertz CT molecular complexity index is 635. The van der Waals surface area contributed by atoms with Gasteiger partial charge in [-0.05, 0) is 26.0 Å². The number of aryl methyl sites for hydroxylation is 1. The molecule has 1 N–H and O–H groups in total. The maximum atomic E-state index is 12.5. The number of hydrogen-bond acceptors (Lipinski definition) is 5. The molecule has 3 rings (SSSR count). The molecule has 2 aliphatic rings. The normalized spacial score (nSPS) is 20.3. The Balaban J connectivity index is 1.43. The molecule has 0 saturated carbocycles. The van der Waals surface area contributed by atoms with Gasteiger partial charge in [-0.3, -0.25) is 19.4 Å². The molecule has 2 saturated heterocycles. The summed E-state index contributed by atoms with van der Waals surface area (Å²) >= 11 is 0. The van der Waals surface area contributed by atoms with E-state index in [0.717, 1.165) is 31.9 Å². The number of morpholine rings is 1. The molecular formula is C20H30N4O3. The molecule has 2 fully saturated rings. The molecule has 2 aliphatic heterocycles. The number of anilines is 1. The van der Waals surface area contributed by atoms with Crippen LogP contribution in [0, 0.1) is 6.92 Å². The predicted molar refractivity (Wildman–Crippen MR) is 105 cm³/mol. The molecule has 0 bridgehead atoms. The van der Waals surface area contributed by atoms with Gasteiger partial charge >= 0.3 is 0 Å². The van der Waals surface area contributed by atoms with Gasteiger partial charge in [-0.1, -0.05) is 17.7 Å². The summed E-state index contributed by atoms with van der Waals surface area (Å²) in [5.41, 5.74) is 2.00. The number of piperazine rings is 1. The number of nitrogens with zero attached hydrogens (tertiary/aromatic N) is 3. The summed E-state index contributed by atoms with van der Waals surface area (Å²) in [4.78, 5) is 31.1. The van der Waals surface area contributed by atoms with Crippen molar-refractivity contribution in [2.75, 3.05) is 64.3 Å². The first kappa shape index (κ1) is 19.8. The lowest BCUT2D eigenvalue weighted by atomic mass is 10.2. The zero-order valence-corrected chi connectivity index (χ0v) is 16.3. The van der Waals surface area contributed by atoms with Crippen LogP contribution in [0.3, 0.4) is 0 Å². The molecule has 2 heterocycles. The van der Waals surface area contributed by atoms with Gasteiger partial charge in [-0.2, -0.15) is 0 Å². The van der Waals surface area contributed by atoms with Crippen molar-refractivity contribution in [2.24, 2.45) is 0 Å². The van der Waals surface area contributed by atoms with Crippen molar-refractivity contribution >= 4 is 17.5 Å². The SMILES string of the molecule is Cc1ccc(NC(=O)[C@@H](C)N2CCN(CC(=O)N3CCOCC3)CC2)cc1. The number of ether oxygens (including phenoxy) is 1. The average molecular weight is 374 g/mol. The average Bonchev–Trinajstić information content (AvgIpc) is 2.70. The van der Waals surface area contributed by atoms with E-state index in [2.05, 4.69) is 15.1 Å². The van der Waals surface area contributed by atoms with Crippen LogP contribution in [-0.2, 0) is 14.3 Å². The molecule has 0 unspecified atom stereocenters. The molecule has 0 radical (unpaired) electrons. The molecule has 1 aromatic carbocycles. The Morgan fingerprint density at radius 1 is 1.04 bits per heavy atom. The van der Waals surface area contributed by atoms with E-state index in [4.69, 9.17) is 4.74 Å². The quantitative estimate of drug-likeness (QED) is 0.826. The highest BCUT2D eigenvalue weighted by Crippen LogP contribution is 2.12. The van der Waals surface area contributed by atoms with Gasteiger partial charge < -0.3 is 15.0 Å². The van der Waals surface area contributed by atoms with E-state index in [1.165, 1.54) is 5.56 Å². The van der Waals surface area contributed by atoms with Crippen molar-refractivity contribution in [1.29, 1.82) is 0 Å². The molecule has 2 amide bonds. The molecule has 148 valence electrons. The number of amides is 2. The van der Waals surface area contributed by atoms with Crippen molar-refractivity contribution in [1.82, 2.24) is 14.7 Å². The van der Waals surface area contributed by atoms with E-state index in [1.807, 2.05) is 43.0 Å². The van der Waals surface area contributed by atoms with Crippen molar-refractivity contribution < 1.29 is 14.3 Å². The molecule has 0 aliphatic carbocycles. The van der Waals surface area contributed by atoms with Crippen LogP contribution in [0.2, 0.25) is 0 Å². The van der Waals surface area contributed by atoms with Crippen LogP contribution < -0.4 is 5.32 Å². The minimum Gasteiger partial charge on any atom is -0.378 e.